The zero-order valence-electron chi connectivity index (χ0n) is 21.6. The molecule has 200 valence electrons. The van der Waals surface area contributed by atoms with Crippen LogP contribution in [0.4, 0.5) is 0 Å². The van der Waals surface area contributed by atoms with Gasteiger partial charge < -0.3 is 33.9 Å². The van der Waals surface area contributed by atoms with Crippen LogP contribution < -0.4 is 14.8 Å². The number of nitrogens with zero attached hydrogens (tertiary/aromatic N) is 2. The van der Waals surface area contributed by atoms with Crippen LogP contribution in [0, 0.1) is 0 Å². The van der Waals surface area contributed by atoms with Gasteiger partial charge in [0.25, 0.3) is 0 Å². The minimum absolute atomic E-state index is 0.0570. The first kappa shape index (κ1) is 27.0. The SMILES string of the molecule is COCCOC(=O)C1=C(C)N=C2SC=C(CC(=O)NC[C@@H]3CCCO3)N2[C@@H]1c1ccc(OC)c(OC)c1. The maximum absolute atomic E-state index is 13.3. The Bertz CT molecular complexity index is 1110. The third-order valence-electron chi connectivity index (χ3n) is 6.36. The molecule has 1 fully saturated rings. The maximum Gasteiger partial charge on any atom is 0.338 e. The van der Waals surface area contributed by atoms with E-state index in [-0.39, 0.29) is 31.6 Å². The molecule has 1 aromatic carbocycles. The molecule has 0 radical (unpaired) electrons. The number of hydrogen-bond donors (Lipinski definition) is 1. The van der Waals surface area contributed by atoms with Crippen molar-refractivity contribution in [3.05, 3.63) is 46.1 Å². The van der Waals surface area contributed by atoms with E-state index in [0.29, 0.717) is 34.5 Å². The number of aliphatic imine (C=N–C) groups is 1. The number of allylic oxidation sites excluding steroid dienone is 1. The summed E-state index contributed by atoms with van der Waals surface area (Å²) < 4.78 is 27.1. The molecule has 2 atom stereocenters. The fraction of sp³-hybridized carbons (Fsp3) is 0.500. The van der Waals surface area contributed by atoms with Crippen LogP contribution in [0.15, 0.2) is 45.6 Å². The number of hydrogen-bond acceptors (Lipinski definition) is 10. The van der Waals surface area contributed by atoms with Crippen molar-refractivity contribution in [3.8, 4) is 11.5 Å². The largest absolute Gasteiger partial charge is 0.493 e. The second kappa shape index (κ2) is 12.5. The fourth-order valence-corrected chi connectivity index (χ4v) is 5.49. The summed E-state index contributed by atoms with van der Waals surface area (Å²) in [5, 5.41) is 5.57. The number of thioether (sulfide) groups is 1. The Morgan fingerprint density at radius 3 is 2.70 bits per heavy atom. The van der Waals surface area contributed by atoms with Gasteiger partial charge >= 0.3 is 5.97 Å². The van der Waals surface area contributed by atoms with Crippen LogP contribution in [0.25, 0.3) is 0 Å². The highest BCUT2D eigenvalue weighted by atomic mass is 32.2. The van der Waals surface area contributed by atoms with Gasteiger partial charge in [0.05, 0.1) is 50.7 Å². The highest BCUT2D eigenvalue weighted by Crippen LogP contribution is 2.46. The molecule has 3 aliphatic rings. The lowest BCUT2D eigenvalue weighted by molar-refractivity contribution is -0.141. The van der Waals surface area contributed by atoms with E-state index in [2.05, 4.69) is 10.3 Å². The van der Waals surface area contributed by atoms with Crippen LogP contribution in [-0.2, 0) is 23.8 Å². The van der Waals surface area contributed by atoms with Gasteiger partial charge in [-0.3, -0.25) is 4.79 Å². The Morgan fingerprint density at radius 1 is 1.19 bits per heavy atom. The van der Waals surface area contributed by atoms with Gasteiger partial charge in [-0.1, -0.05) is 17.8 Å². The van der Waals surface area contributed by atoms with Gasteiger partial charge in [-0.25, -0.2) is 9.79 Å². The van der Waals surface area contributed by atoms with Gasteiger partial charge in [-0.05, 0) is 42.9 Å². The van der Waals surface area contributed by atoms with Crippen LogP contribution in [-0.4, -0.2) is 75.7 Å². The quantitative estimate of drug-likeness (QED) is 0.340. The Balaban J connectivity index is 1.64. The highest BCUT2D eigenvalue weighted by Gasteiger charge is 2.41. The molecule has 0 unspecified atom stereocenters. The van der Waals surface area contributed by atoms with Gasteiger partial charge in [-0.2, -0.15) is 0 Å². The first-order valence-electron chi connectivity index (χ1n) is 12.2. The lowest BCUT2D eigenvalue weighted by atomic mass is 9.93. The standard InChI is InChI=1S/C26H33N3O7S/c1-16-23(25(31)36-11-10-32-2)24(17-7-8-20(33-3)21(12-17)34-4)29-18(15-37-26(29)28-16)13-22(30)27-14-19-6-5-9-35-19/h7-8,12,15,19,24H,5-6,9-11,13-14H2,1-4H3,(H,27,30)/t19-,24+/m0/s1. The van der Waals surface area contributed by atoms with E-state index in [1.165, 1.54) is 11.8 Å². The molecular formula is C26H33N3O7S. The zero-order chi connectivity index (χ0) is 26.4. The van der Waals surface area contributed by atoms with Crippen molar-refractivity contribution in [1.82, 2.24) is 10.2 Å². The number of amides is 1. The number of carbonyl (C=O) groups is 2. The first-order chi connectivity index (χ1) is 18.0. The lowest BCUT2D eigenvalue weighted by Gasteiger charge is -2.36. The summed E-state index contributed by atoms with van der Waals surface area (Å²) in [6.45, 7) is 3.40. The van der Waals surface area contributed by atoms with Gasteiger partial charge in [0.15, 0.2) is 16.7 Å². The number of fused-ring (bicyclic) bond motifs is 1. The summed E-state index contributed by atoms with van der Waals surface area (Å²) in [6.07, 6.45) is 2.15. The summed E-state index contributed by atoms with van der Waals surface area (Å²) >= 11 is 1.42. The van der Waals surface area contributed by atoms with E-state index in [0.717, 1.165) is 30.7 Å². The van der Waals surface area contributed by atoms with E-state index >= 15 is 0 Å². The third kappa shape index (κ3) is 6.11. The second-order valence-electron chi connectivity index (χ2n) is 8.75. The Labute approximate surface area is 221 Å². The maximum atomic E-state index is 13.3. The molecule has 11 heteroatoms. The summed E-state index contributed by atoms with van der Waals surface area (Å²) in [5.74, 6) is 0.489. The van der Waals surface area contributed by atoms with Crippen LogP contribution in [0.5, 0.6) is 11.5 Å². The lowest BCUT2D eigenvalue weighted by Crippen LogP contribution is -2.39. The number of esters is 1. The number of ether oxygens (including phenoxy) is 5. The van der Waals surface area contributed by atoms with Crippen molar-refractivity contribution in [2.45, 2.75) is 38.3 Å². The topological polar surface area (TPSA) is 108 Å². The minimum atomic E-state index is -0.574. The average Bonchev–Trinajstić information content (AvgIpc) is 3.56. The molecule has 1 aromatic rings. The molecule has 0 aliphatic carbocycles. The monoisotopic (exact) mass is 531 g/mol. The molecule has 1 saturated heterocycles. The van der Waals surface area contributed by atoms with Gasteiger partial charge in [0, 0.05) is 26.0 Å². The van der Waals surface area contributed by atoms with Crippen molar-refractivity contribution >= 4 is 28.8 Å². The fourth-order valence-electron chi connectivity index (χ4n) is 4.52. The number of carbonyl (C=O) groups excluding carboxylic acids is 2. The molecule has 4 rings (SSSR count). The summed E-state index contributed by atoms with van der Waals surface area (Å²) in [4.78, 5) is 32.8. The van der Waals surface area contributed by atoms with Crippen molar-refractivity contribution in [3.63, 3.8) is 0 Å². The number of methoxy groups -OCH3 is 3. The number of benzene rings is 1. The third-order valence-corrected chi connectivity index (χ3v) is 7.25. The molecule has 3 heterocycles. The normalized spacial score (nSPS) is 20.8. The predicted molar refractivity (Wildman–Crippen MR) is 139 cm³/mol. The Hall–Kier alpha value is -3.02. The molecule has 1 N–H and O–H groups in total. The number of amidine groups is 1. The molecule has 10 nitrogen and oxygen atoms in total. The van der Waals surface area contributed by atoms with Gasteiger partial charge in [0.2, 0.25) is 5.91 Å². The summed E-state index contributed by atoms with van der Waals surface area (Å²) in [7, 11) is 4.68. The van der Waals surface area contributed by atoms with E-state index in [9.17, 15) is 9.59 Å². The van der Waals surface area contributed by atoms with E-state index in [1.807, 2.05) is 22.4 Å². The van der Waals surface area contributed by atoms with E-state index in [1.54, 1.807) is 34.3 Å². The van der Waals surface area contributed by atoms with Crippen LogP contribution in [0.3, 0.4) is 0 Å². The van der Waals surface area contributed by atoms with Crippen molar-refractivity contribution in [2.75, 3.05) is 47.7 Å². The molecule has 0 bridgehead atoms. The molecule has 0 spiro atoms. The smallest absolute Gasteiger partial charge is 0.338 e. The van der Waals surface area contributed by atoms with Crippen LogP contribution >= 0.6 is 11.8 Å². The van der Waals surface area contributed by atoms with E-state index < -0.39 is 12.0 Å². The molecule has 1 amide bonds. The number of nitrogens with one attached hydrogen (secondary N) is 1. The molecular weight excluding hydrogens is 498 g/mol. The zero-order valence-corrected chi connectivity index (χ0v) is 22.4. The summed E-state index contributed by atoms with van der Waals surface area (Å²) in [5.41, 5.74) is 2.46. The van der Waals surface area contributed by atoms with Crippen molar-refractivity contribution < 1.29 is 33.3 Å². The highest BCUT2D eigenvalue weighted by molar-refractivity contribution is 8.16. The second-order valence-corrected chi connectivity index (χ2v) is 9.59. The van der Waals surface area contributed by atoms with Crippen LogP contribution in [0.2, 0.25) is 0 Å². The first-order valence-corrected chi connectivity index (χ1v) is 13.1. The van der Waals surface area contributed by atoms with Crippen LogP contribution in [0.1, 0.15) is 37.8 Å². The van der Waals surface area contributed by atoms with E-state index in [4.69, 9.17) is 23.7 Å². The molecule has 37 heavy (non-hydrogen) atoms. The number of rotatable bonds is 11. The predicted octanol–water partition coefficient (Wildman–Crippen LogP) is 3.15. The summed E-state index contributed by atoms with van der Waals surface area (Å²) in [6, 6.07) is 4.93. The average molecular weight is 532 g/mol. The minimum Gasteiger partial charge on any atom is -0.493 e. The molecule has 3 aliphatic heterocycles. The van der Waals surface area contributed by atoms with Crippen molar-refractivity contribution in [1.29, 1.82) is 0 Å². The van der Waals surface area contributed by atoms with Gasteiger partial charge in [0.1, 0.15) is 6.61 Å². The Kier molecular flexibility index (Phi) is 9.12. The van der Waals surface area contributed by atoms with Gasteiger partial charge in [-0.15, -0.1) is 0 Å². The molecule has 0 aromatic heterocycles. The van der Waals surface area contributed by atoms with Crippen molar-refractivity contribution in [2.24, 2.45) is 4.99 Å². The Morgan fingerprint density at radius 2 is 2.00 bits per heavy atom. The molecule has 0 saturated carbocycles.